The minimum Gasteiger partial charge on any atom is -0.477 e. The summed E-state index contributed by atoms with van der Waals surface area (Å²) in [5.74, 6) is -2.67. The summed E-state index contributed by atoms with van der Waals surface area (Å²) in [5, 5.41) is 16.9. The Bertz CT molecular complexity index is 1550. The minimum atomic E-state index is -3.29. The van der Waals surface area contributed by atoms with Crippen LogP contribution in [0.4, 0.5) is 13.9 Å². The first-order valence-electron chi connectivity index (χ1n) is 11.1. The molecule has 0 spiro atoms. The molecule has 0 aliphatic carbocycles. The fraction of sp³-hybridized carbons (Fsp3) is 0.227. The number of aliphatic carboxylic acids is 1. The van der Waals surface area contributed by atoms with Gasteiger partial charge in [0.2, 0.25) is 0 Å². The van der Waals surface area contributed by atoms with Crippen LogP contribution in [0.15, 0.2) is 57.3 Å². The lowest BCUT2D eigenvalue weighted by Crippen LogP contribution is -2.73. The second kappa shape index (κ2) is 11.0. The maximum Gasteiger partial charge on any atom is 0.407 e. The standard InChI is InChI=1S/C22H17F2N7O5S3/c23-21(24)36-29-15(11-7-38-22(25)27-11)18(32)28-16-12-8-37-14(17(20(34)35)31(12)19(16)33)2-1-4-30-5-3-13-10(6-30)26-9-39-13/h1-3,5-7,9,12,16,21H,4,8H2,(H3-,25,27,28,32,34,35)/p+1. The molecule has 0 aromatic carbocycles. The SMILES string of the molecule is Nc1nc(C(=NOC(F)F)C(=O)NC2C(=O)N3C(C(=O)O)=C(C=CC[n+]4ccc5scnc5c4)SCC23)cs1. The number of nitrogens with two attached hydrogens (primary N) is 1. The summed E-state index contributed by atoms with van der Waals surface area (Å²) in [4.78, 5) is 51.5. The van der Waals surface area contributed by atoms with Gasteiger partial charge in [-0.15, -0.1) is 34.4 Å². The zero-order valence-electron chi connectivity index (χ0n) is 19.6. The van der Waals surface area contributed by atoms with E-state index in [0.717, 1.165) is 26.5 Å². The van der Waals surface area contributed by atoms with Crippen molar-refractivity contribution >= 4 is 73.3 Å². The highest BCUT2D eigenvalue weighted by atomic mass is 32.2. The molecule has 3 aromatic rings. The molecule has 2 atom stereocenters. The monoisotopic (exact) mass is 594 g/mol. The first-order valence-corrected chi connectivity index (χ1v) is 13.8. The Morgan fingerprint density at radius 3 is 2.95 bits per heavy atom. The van der Waals surface area contributed by atoms with Crippen LogP contribution in [0.3, 0.4) is 0 Å². The van der Waals surface area contributed by atoms with E-state index >= 15 is 0 Å². The van der Waals surface area contributed by atoms with E-state index < -0.39 is 42.2 Å². The van der Waals surface area contributed by atoms with E-state index in [2.05, 4.69) is 25.3 Å². The van der Waals surface area contributed by atoms with Crippen molar-refractivity contribution in [3.05, 3.63) is 57.8 Å². The topological polar surface area (TPSA) is 164 Å². The number of rotatable bonds is 9. The minimum absolute atomic E-state index is 0.0658. The van der Waals surface area contributed by atoms with Crippen LogP contribution in [-0.4, -0.2) is 67.9 Å². The fourth-order valence-corrected chi connectivity index (χ4v) is 6.39. The summed E-state index contributed by atoms with van der Waals surface area (Å²) in [6.45, 7) is -2.84. The van der Waals surface area contributed by atoms with Crippen molar-refractivity contribution < 1.29 is 37.7 Å². The number of thioether (sulfide) groups is 1. The second-order valence-corrected chi connectivity index (χ2v) is 10.9. The number of carbonyl (C=O) groups is 3. The number of amides is 2. The van der Waals surface area contributed by atoms with Gasteiger partial charge in [0.25, 0.3) is 11.8 Å². The van der Waals surface area contributed by atoms with Gasteiger partial charge in [0.15, 0.2) is 29.8 Å². The third-order valence-corrected chi connectivity index (χ3v) is 8.34. The van der Waals surface area contributed by atoms with Gasteiger partial charge in [-0.3, -0.25) is 14.5 Å². The molecular formula is C22H18F2N7O5S3+. The molecular weight excluding hydrogens is 576 g/mol. The predicted octanol–water partition coefficient (Wildman–Crippen LogP) is 1.56. The molecule has 2 aliphatic rings. The Labute approximate surface area is 230 Å². The Kier molecular flexibility index (Phi) is 7.53. The number of hydrogen-bond acceptors (Lipinski definition) is 11. The van der Waals surface area contributed by atoms with Gasteiger partial charge in [0.05, 0.1) is 16.3 Å². The van der Waals surface area contributed by atoms with Gasteiger partial charge in [0, 0.05) is 22.1 Å². The van der Waals surface area contributed by atoms with E-state index in [9.17, 15) is 28.3 Å². The number of halogens is 2. The van der Waals surface area contributed by atoms with Gasteiger partial charge in [-0.1, -0.05) is 5.16 Å². The maximum atomic E-state index is 13.0. The Hall–Kier alpha value is -3.96. The highest BCUT2D eigenvalue weighted by Crippen LogP contribution is 2.39. The number of hydrogen-bond donors (Lipinski definition) is 3. The number of thiazole rings is 2. The lowest BCUT2D eigenvalue weighted by Gasteiger charge is -2.49. The van der Waals surface area contributed by atoms with E-state index in [4.69, 9.17) is 5.73 Å². The van der Waals surface area contributed by atoms with Gasteiger partial charge in [-0.25, -0.2) is 14.8 Å². The van der Waals surface area contributed by atoms with Crippen LogP contribution >= 0.6 is 34.4 Å². The van der Waals surface area contributed by atoms with Crippen molar-refractivity contribution in [3.8, 4) is 0 Å². The zero-order valence-corrected chi connectivity index (χ0v) is 22.0. The van der Waals surface area contributed by atoms with Crippen molar-refractivity contribution in [3.63, 3.8) is 0 Å². The molecule has 17 heteroatoms. The number of carboxylic acid groups (broad SMARTS) is 1. The average molecular weight is 595 g/mol. The predicted molar refractivity (Wildman–Crippen MR) is 139 cm³/mol. The largest absolute Gasteiger partial charge is 0.477 e. The van der Waals surface area contributed by atoms with Crippen LogP contribution in [0, 0.1) is 0 Å². The van der Waals surface area contributed by atoms with Gasteiger partial charge < -0.3 is 21.0 Å². The van der Waals surface area contributed by atoms with Crippen molar-refractivity contribution in [2.45, 2.75) is 25.2 Å². The smallest absolute Gasteiger partial charge is 0.407 e. The van der Waals surface area contributed by atoms with E-state index in [0.29, 0.717) is 11.4 Å². The number of nitrogens with one attached hydrogen (secondary N) is 1. The molecule has 1 saturated heterocycles. The van der Waals surface area contributed by atoms with Crippen LogP contribution in [0.25, 0.3) is 10.2 Å². The zero-order chi connectivity index (χ0) is 27.7. The molecule has 1 fully saturated rings. The molecule has 2 unspecified atom stereocenters. The van der Waals surface area contributed by atoms with Crippen LogP contribution in [0.5, 0.6) is 0 Å². The number of pyridine rings is 1. The molecule has 2 aliphatic heterocycles. The molecule has 4 N–H and O–H groups in total. The van der Waals surface area contributed by atoms with Crippen molar-refractivity contribution in [2.75, 3.05) is 11.5 Å². The van der Waals surface area contributed by atoms with Gasteiger partial charge in [0.1, 0.15) is 22.9 Å². The number of fused-ring (bicyclic) bond motifs is 2. The van der Waals surface area contributed by atoms with Crippen LogP contribution in [0.1, 0.15) is 5.69 Å². The molecule has 39 heavy (non-hydrogen) atoms. The number of allylic oxidation sites excluding steroid dienone is 2. The number of oxime groups is 1. The number of β-lactam (4-membered cyclic amide) rings is 1. The quantitative estimate of drug-likeness (QED) is 0.144. The number of carbonyl (C=O) groups excluding carboxylic acids is 2. The highest BCUT2D eigenvalue weighted by molar-refractivity contribution is 8.03. The molecule has 0 radical (unpaired) electrons. The molecule has 202 valence electrons. The van der Waals surface area contributed by atoms with Crippen LogP contribution in [0.2, 0.25) is 0 Å². The lowest BCUT2D eigenvalue weighted by atomic mass is 9.94. The number of carboxylic acids is 1. The summed E-state index contributed by atoms with van der Waals surface area (Å²) in [7, 11) is 0. The van der Waals surface area contributed by atoms with E-state index in [1.807, 2.05) is 23.0 Å². The Balaban J connectivity index is 1.30. The number of aromatic nitrogens is 3. The lowest BCUT2D eigenvalue weighted by molar-refractivity contribution is -0.685. The number of anilines is 1. The third-order valence-electron chi connectivity index (χ3n) is 5.71. The number of alkyl halides is 2. The van der Waals surface area contributed by atoms with Crippen molar-refractivity contribution in [1.82, 2.24) is 20.2 Å². The Morgan fingerprint density at radius 2 is 2.23 bits per heavy atom. The Morgan fingerprint density at radius 1 is 1.41 bits per heavy atom. The molecule has 12 nitrogen and oxygen atoms in total. The number of nitrogens with zero attached hydrogens (tertiary/aromatic N) is 5. The molecule has 0 saturated carbocycles. The molecule has 0 bridgehead atoms. The van der Waals surface area contributed by atoms with E-state index in [-0.39, 0.29) is 22.3 Å². The first kappa shape index (κ1) is 26.6. The number of nitrogen functional groups attached to an aromatic ring is 1. The van der Waals surface area contributed by atoms with E-state index in [1.54, 1.807) is 17.7 Å². The first-order chi connectivity index (χ1) is 18.7. The summed E-state index contributed by atoms with van der Waals surface area (Å²) < 4.78 is 28.1. The normalized spacial score (nSPS) is 19.5. The maximum absolute atomic E-state index is 13.0. The van der Waals surface area contributed by atoms with Crippen molar-refractivity contribution in [2.24, 2.45) is 5.16 Å². The van der Waals surface area contributed by atoms with Crippen LogP contribution in [-0.2, 0) is 25.8 Å². The molecule has 5 heterocycles. The van der Waals surface area contributed by atoms with Gasteiger partial charge >= 0.3 is 12.6 Å². The fourth-order valence-electron chi connectivity index (χ4n) is 3.99. The van der Waals surface area contributed by atoms with Gasteiger partial charge in [-0.2, -0.15) is 13.3 Å². The summed E-state index contributed by atoms with van der Waals surface area (Å²) in [6, 6.07) is 0.168. The van der Waals surface area contributed by atoms with Crippen LogP contribution < -0.4 is 15.6 Å². The van der Waals surface area contributed by atoms with E-state index in [1.165, 1.54) is 28.5 Å². The summed E-state index contributed by atoms with van der Waals surface area (Å²) >= 11 is 3.70. The summed E-state index contributed by atoms with van der Waals surface area (Å²) in [6.07, 6.45) is 7.18. The van der Waals surface area contributed by atoms with Crippen molar-refractivity contribution in [1.29, 1.82) is 0 Å². The molecule has 3 aromatic heterocycles. The highest BCUT2D eigenvalue weighted by Gasteiger charge is 2.54. The molecule has 5 rings (SSSR count). The average Bonchev–Trinajstić information content (AvgIpc) is 3.55. The third kappa shape index (κ3) is 5.45. The van der Waals surface area contributed by atoms with Gasteiger partial charge in [-0.05, 0) is 12.2 Å². The summed E-state index contributed by atoms with van der Waals surface area (Å²) in [5.41, 5.74) is 7.26. The molecule has 2 amide bonds. The second-order valence-electron chi connectivity index (χ2n) is 8.08.